The van der Waals surface area contributed by atoms with E-state index in [1.807, 2.05) is 6.92 Å². The molecule has 6 nitrogen and oxygen atoms in total. The van der Waals surface area contributed by atoms with Crippen LogP contribution in [0.5, 0.6) is 0 Å². The summed E-state index contributed by atoms with van der Waals surface area (Å²) in [7, 11) is 1.53. The summed E-state index contributed by atoms with van der Waals surface area (Å²) in [5.41, 5.74) is 5.71. The van der Waals surface area contributed by atoms with Gasteiger partial charge < -0.3 is 20.7 Å². The number of hydrogen-bond donors (Lipinski definition) is 2. The standard InChI is InChI=1S/C12H23N3O3/c1-3-11(16)14-9-4-6-15(7-5-9)12(17)10(13)8-18-2/h9-10H,3-8,13H2,1-2H3,(H,14,16). The molecule has 3 N–H and O–H groups in total. The van der Waals surface area contributed by atoms with Gasteiger partial charge >= 0.3 is 0 Å². The van der Waals surface area contributed by atoms with Crippen molar-refractivity contribution in [2.45, 2.75) is 38.3 Å². The first-order chi connectivity index (χ1) is 8.58. The van der Waals surface area contributed by atoms with Crippen LogP contribution in [0.15, 0.2) is 0 Å². The van der Waals surface area contributed by atoms with Crippen LogP contribution in [0.25, 0.3) is 0 Å². The molecule has 1 aliphatic heterocycles. The van der Waals surface area contributed by atoms with Crippen LogP contribution in [0.2, 0.25) is 0 Å². The molecule has 1 unspecified atom stereocenters. The van der Waals surface area contributed by atoms with E-state index in [-0.39, 0.29) is 24.5 Å². The molecule has 1 aliphatic rings. The molecule has 6 heteroatoms. The summed E-state index contributed by atoms with van der Waals surface area (Å²) in [6.07, 6.45) is 2.08. The van der Waals surface area contributed by atoms with Gasteiger partial charge in [0.25, 0.3) is 0 Å². The Bertz CT molecular complexity index is 288. The molecular formula is C12H23N3O3. The van der Waals surface area contributed by atoms with E-state index in [2.05, 4.69) is 5.32 Å². The van der Waals surface area contributed by atoms with E-state index in [1.54, 1.807) is 4.90 Å². The van der Waals surface area contributed by atoms with Gasteiger partial charge in [-0.25, -0.2) is 0 Å². The summed E-state index contributed by atoms with van der Waals surface area (Å²) < 4.78 is 4.87. The van der Waals surface area contributed by atoms with Gasteiger partial charge in [0.1, 0.15) is 6.04 Å². The maximum Gasteiger partial charge on any atom is 0.241 e. The van der Waals surface area contributed by atoms with Crippen LogP contribution in [0.1, 0.15) is 26.2 Å². The number of ether oxygens (including phenoxy) is 1. The number of methoxy groups -OCH3 is 1. The van der Waals surface area contributed by atoms with Crippen molar-refractivity contribution in [2.75, 3.05) is 26.8 Å². The number of carbonyl (C=O) groups excluding carboxylic acids is 2. The van der Waals surface area contributed by atoms with Crippen molar-refractivity contribution in [1.82, 2.24) is 10.2 Å². The molecule has 0 bridgehead atoms. The van der Waals surface area contributed by atoms with Crippen LogP contribution in [-0.2, 0) is 14.3 Å². The highest BCUT2D eigenvalue weighted by molar-refractivity contribution is 5.82. The van der Waals surface area contributed by atoms with Crippen LogP contribution in [0.4, 0.5) is 0 Å². The van der Waals surface area contributed by atoms with E-state index >= 15 is 0 Å². The highest BCUT2D eigenvalue weighted by Crippen LogP contribution is 2.11. The number of hydrogen-bond acceptors (Lipinski definition) is 4. The van der Waals surface area contributed by atoms with Crippen molar-refractivity contribution < 1.29 is 14.3 Å². The van der Waals surface area contributed by atoms with Crippen LogP contribution in [0, 0.1) is 0 Å². The fourth-order valence-electron chi connectivity index (χ4n) is 2.06. The Balaban J connectivity index is 2.34. The number of amides is 2. The van der Waals surface area contributed by atoms with Crippen molar-refractivity contribution >= 4 is 11.8 Å². The van der Waals surface area contributed by atoms with Crippen LogP contribution >= 0.6 is 0 Å². The van der Waals surface area contributed by atoms with Gasteiger partial charge in [-0.2, -0.15) is 0 Å². The summed E-state index contributed by atoms with van der Waals surface area (Å²) in [6.45, 7) is 3.36. The predicted molar refractivity (Wildman–Crippen MR) is 67.9 cm³/mol. The maximum atomic E-state index is 11.9. The van der Waals surface area contributed by atoms with Crippen molar-refractivity contribution in [3.8, 4) is 0 Å². The van der Waals surface area contributed by atoms with E-state index in [1.165, 1.54) is 7.11 Å². The average molecular weight is 257 g/mol. The zero-order chi connectivity index (χ0) is 13.5. The SMILES string of the molecule is CCC(=O)NC1CCN(C(=O)C(N)COC)CC1. The Kier molecular flexibility index (Phi) is 6.07. The van der Waals surface area contributed by atoms with E-state index in [0.29, 0.717) is 19.5 Å². The number of likely N-dealkylation sites (tertiary alicyclic amines) is 1. The fraction of sp³-hybridized carbons (Fsp3) is 0.833. The molecule has 18 heavy (non-hydrogen) atoms. The maximum absolute atomic E-state index is 11.9. The van der Waals surface area contributed by atoms with Crippen LogP contribution < -0.4 is 11.1 Å². The highest BCUT2D eigenvalue weighted by Gasteiger charge is 2.26. The molecule has 0 spiro atoms. The zero-order valence-corrected chi connectivity index (χ0v) is 11.1. The summed E-state index contributed by atoms with van der Waals surface area (Å²) in [6, 6.07) is -0.406. The molecular weight excluding hydrogens is 234 g/mol. The van der Waals surface area contributed by atoms with Crippen molar-refractivity contribution in [1.29, 1.82) is 0 Å². The third kappa shape index (κ3) is 4.27. The quantitative estimate of drug-likeness (QED) is 0.694. The fourth-order valence-corrected chi connectivity index (χ4v) is 2.06. The molecule has 1 fully saturated rings. The number of nitrogens with two attached hydrogens (primary N) is 1. The molecule has 1 atom stereocenters. The number of carbonyl (C=O) groups is 2. The molecule has 104 valence electrons. The minimum absolute atomic E-state index is 0.0656. The molecule has 2 amide bonds. The molecule has 1 rings (SSSR count). The largest absolute Gasteiger partial charge is 0.383 e. The monoisotopic (exact) mass is 257 g/mol. The molecule has 1 saturated heterocycles. The van der Waals surface area contributed by atoms with E-state index < -0.39 is 6.04 Å². The zero-order valence-electron chi connectivity index (χ0n) is 11.1. The first-order valence-corrected chi connectivity index (χ1v) is 6.41. The second-order valence-electron chi connectivity index (χ2n) is 4.58. The Morgan fingerprint density at radius 2 is 2.06 bits per heavy atom. The van der Waals surface area contributed by atoms with Gasteiger partial charge in [-0.15, -0.1) is 0 Å². The lowest BCUT2D eigenvalue weighted by Crippen LogP contribution is -2.52. The van der Waals surface area contributed by atoms with Gasteiger partial charge in [-0.1, -0.05) is 6.92 Å². The third-order valence-corrected chi connectivity index (χ3v) is 3.16. The predicted octanol–water partition coefficient (Wildman–Crippen LogP) is -0.523. The minimum Gasteiger partial charge on any atom is -0.383 e. The summed E-state index contributed by atoms with van der Waals surface area (Å²) in [5, 5.41) is 2.95. The average Bonchev–Trinajstić information content (AvgIpc) is 2.39. The second kappa shape index (κ2) is 7.33. The van der Waals surface area contributed by atoms with E-state index in [9.17, 15) is 9.59 Å². The second-order valence-corrected chi connectivity index (χ2v) is 4.58. The number of nitrogens with one attached hydrogen (secondary N) is 1. The lowest BCUT2D eigenvalue weighted by atomic mass is 10.0. The van der Waals surface area contributed by atoms with Crippen molar-refractivity contribution in [3.63, 3.8) is 0 Å². The van der Waals surface area contributed by atoms with E-state index in [0.717, 1.165) is 12.8 Å². The molecule has 0 radical (unpaired) electrons. The molecule has 0 aromatic heterocycles. The Labute approximate surface area is 108 Å². The molecule has 0 aromatic rings. The minimum atomic E-state index is -0.586. The van der Waals surface area contributed by atoms with E-state index in [4.69, 9.17) is 10.5 Å². The molecule has 0 saturated carbocycles. The van der Waals surface area contributed by atoms with Gasteiger partial charge in [0.15, 0.2) is 0 Å². The Morgan fingerprint density at radius 3 is 2.56 bits per heavy atom. The smallest absolute Gasteiger partial charge is 0.241 e. The molecule has 0 aliphatic carbocycles. The number of piperidine rings is 1. The van der Waals surface area contributed by atoms with Crippen LogP contribution in [0.3, 0.4) is 0 Å². The van der Waals surface area contributed by atoms with Gasteiger partial charge in [-0.05, 0) is 12.8 Å². The topological polar surface area (TPSA) is 84.7 Å². The first kappa shape index (κ1) is 14.9. The number of nitrogens with zero attached hydrogens (tertiary/aromatic N) is 1. The van der Waals surface area contributed by atoms with Gasteiger partial charge in [0, 0.05) is 32.7 Å². The Morgan fingerprint density at radius 1 is 1.44 bits per heavy atom. The first-order valence-electron chi connectivity index (χ1n) is 6.41. The number of rotatable bonds is 5. The highest BCUT2D eigenvalue weighted by atomic mass is 16.5. The molecule has 0 aromatic carbocycles. The van der Waals surface area contributed by atoms with Gasteiger partial charge in [0.05, 0.1) is 6.61 Å². The van der Waals surface area contributed by atoms with Crippen LogP contribution in [-0.4, -0.2) is 55.6 Å². The Hall–Kier alpha value is -1.14. The van der Waals surface area contributed by atoms with Gasteiger partial charge in [0.2, 0.25) is 11.8 Å². The lowest BCUT2D eigenvalue weighted by molar-refractivity contribution is -0.135. The summed E-state index contributed by atoms with van der Waals surface area (Å²) in [4.78, 5) is 24.9. The third-order valence-electron chi connectivity index (χ3n) is 3.16. The van der Waals surface area contributed by atoms with Crippen molar-refractivity contribution in [2.24, 2.45) is 5.73 Å². The van der Waals surface area contributed by atoms with Crippen molar-refractivity contribution in [3.05, 3.63) is 0 Å². The molecule has 1 heterocycles. The van der Waals surface area contributed by atoms with Gasteiger partial charge in [-0.3, -0.25) is 9.59 Å². The summed E-state index contributed by atoms with van der Waals surface area (Å²) >= 11 is 0. The summed E-state index contributed by atoms with van der Waals surface area (Å²) in [5.74, 6) is -0.00650. The normalized spacial score (nSPS) is 18.5. The lowest BCUT2D eigenvalue weighted by Gasteiger charge is -2.33.